The van der Waals surface area contributed by atoms with Crippen molar-refractivity contribution in [3.63, 3.8) is 0 Å². The second-order valence-corrected chi connectivity index (χ2v) is 8.32. The highest BCUT2D eigenvalue weighted by atomic mass is 32.3. The Hall–Kier alpha value is -3.38. The zero-order valence-corrected chi connectivity index (χ0v) is 18.0. The van der Waals surface area contributed by atoms with Crippen molar-refractivity contribution in [3.05, 3.63) is 84.4 Å². The first kappa shape index (κ1) is 23.3. The molecule has 3 aromatic rings. The third kappa shape index (κ3) is 6.82. The maximum Gasteiger partial charge on any atom is 0.488 e. The van der Waals surface area contributed by atoms with Crippen LogP contribution in [0.25, 0.3) is 0 Å². The summed E-state index contributed by atoms with van der Waals surface area (Å²) < 4.78 is 88.0. The van der Waals surface area contributed by atoms with Gasteiger partial charge in [0.05, 0.1) is 0 Å². The van der Waals surface area contributed by atoms with Gasteiger partial charge < -0.3 is 17.8 Å². The first-order valence-corrected chi connectivity index (χ1v) is 11.5. The minimum absolute atomic E-state index is 0.239. The van der Waals surface area contributed by atoms with Gasteiger partial charge >= 0.3 is 21.0 Å². The Morgan fingerprint density at radius 2 is 0.938 bits per heavy atom. The molecule has 0 saturated heterocycles. The second kappa shape index (κ2) is 9.01. The lowest BCUT2D eigenvalue weighted by molar-refractivity contribution is -0.105. The summed E-state index contributed by atoms with van der Waals surface area (Å²) in [6.07, 6.45) is 0. The fourth-order valence-electron chi connectivity index (χ4n) is 2.69. The number of rotatable bonds is 9. The molecule has 0 aliphatic heterocycles. The van der Waals surface area contributed by atoms with E-state index in [-0.39, 0.29) is 23.0 Å². The Kier molecular flexibility index (Phi) is 6.55. The summed E-state index contributed by atoms with van der Waals surface area (Å²) in [6, 6.07) is 19.0. The van der Waals surface area contributed by atoms with Crippen molar-refractivity contribution in [1.82, 2.24) is 0 Å². The molecular formula is C20H16F2O8S2. The second-order valence-electron chi connectivity index (χ2n) is 6.41. The molecule has 0 saturated carbocycles. The summed E-state index contributed by atoms with van der Waals surface area (Å²) in [4.78, 5) is 0. The van der Waals surface area contributed by atoms with E-state index in [1.54, 1.807) is 37.3 Å². The average molecular weight is 486 g/mol. The van der Waals surface area contributed by atoms with E-state index in [0.717, 1.165) is 0 Å². The van der Waals surface area contributed by atoms with E-state index in [2.05, 4.69) is 8.37 Å². The number of ether oxygens (including phenoxy) is 2. The molecule has 8 nitrogen and oxygen atoms in total. The van der Waals surface area contributed by atoms with Crippen LogP contribution in [0, 0.1) is 0 Å². The van der Waals surface area contributed by atoms with Crippen molar-refractivity contribution >= 4 is 21.0 Å². The molecule has 0 aliphatic carbocycles. The van der Waals surface area contributed by atoms with Crippen LogP contribution in [0.3, 0.4) is 0 Å². The van der Waals surface area contributed by atoms with Crippen molar-refractivity contribution in [2.45, 2.75) is 12.7 Å². The maximum atomic E-state index is 12.7. The van der Waals surface area contributed by atoms with Gasteiger partial charge in [-0.05, 0) is 48.5 Å². The molecule has 0 heterocycles. The highest BCUT2D eigenvalue weighted by Crippen LogP contribution is 2.33. The molecule has 0 aromatic heterocycles. The van der Waals surface area contributed by atoms with Gasteiger partial charge in [-0.25, -0.2) is 0 Å². The van der Waals surface area contributed by atoms with Crippen molar-refractivity contribution < 1.29 is 42.4 Å². The molecule has 0 unspecified atom stereocenters. The summed E-state index contributed by atoms with van der Waals surface area (Å²) in [5, 5.41) is 0. The molecular weight excluding hydrogens is 470 g/mol. The molecule has 0 atom stereocenters. The van der Waals surface area contributed by atoms with Crippen molar-refractivity contribution in [3.8, 4) is 23.0 Å². The third-order valence-electron chi connectivity index (χ3n) is 3.96. The maximum absolute atomic E-state index is 12.7. The Morgan fingerprint density at radius 1 is 0.594 bits per heavy atom. The topological polar surface area (TPSA) is 105 Å². The lowest BCUT2D eigenvalue weighted by Gasteiger charge is -2.31. The number of hydrogen-bond acceptors (Lipinski definition) is 8. The fraction of sp³-hybridized carbons (Fsp3) is 0.100. The smallest absolute Gasteiger partial charge is 0.448 e. The van der Waals surface area contributed by atoms with E-state index in [1.165, 1.54) is 48.5 Å². The molecule has 0 spiro atoms. The van der Waals surface area contributed by atoms with Crippen molar-refractivity contribution in [2.24, 2.45) is 0 Å². The lowest BCUT2D eigenvalue weighted by atomic mass is 10.1. The molecule has 0 amide bonds. The van der Waals surface area contributed by atoms with Crippen LogP contribution in [-0.2, 0) is 26.8 Å². The van der Waals surface area contributed by atoms with Gasteiger partial charge in [-0.3, -0.25) is 0 Å². The van der Waals surface area contributed by atoms with Crippen LogP contribution in [0.5, 0.6) is 23.0 Å². The highest BCUT2D eigenvalue weighted by Gasteiger charge is 2.32. The van der Waals surface area contributed by atoms with Crippen molar-refractivity contribution in [2.75, 3.05) is 0 Å². The molecule has 0 fully saturated rings. The van der Waals surface area contributed by atoms with Gasteiger partial charge in [-0.1, -0.05) is 38.1 Å². The quantitative estimate of drug-likeness (QED) is 0.327. The third-order valence-corrected chi connectivity index (χ3v) is 4.75. The monoisotopic (exact) mass is 486 g/mol. The first-order valence-electron chi connectivity index (χ1n) is 8.84. The molecule has 12 heteroatoms. The van der Waals surface area contributed by atoms with Crippen LogP contribution < -0.4 is 17.8 Å². The van der Waals surface area contributed by atoms with Gasteiger partial charge in [0, 0.05) is 12.5 Å². The Balaban J connectivity index is 1.85. The summed E-state index contributed by atoms with van der Waals surface area (Å²) in [7, 11) is -10.3. The van der Waals surface area contributed by atoms with Gasteiger partial charge in [-0.2, -0.15) is 16.8 Å². The summed E-state index contributed by atoms with van der Waals surface area (Å²) in [6.45, 7) is 1.61. The SMILES string of the molecule is CC(Oc1ccc(OS(=O)(=O)F)cc1)(Oc1ccc(OS(=O)(=O)F)cc1)c1ccccc1. The molecule has 32 heavy (non-hydrogen) atoms. The summed E-state index contributed by atoms with van der Waals surface area (Å²) in [5.74, 6) is -1.43. The predicted octanol–water partition coefficient (Wildman–Crippen LogP) is 4.20. The molecule has 0 N–H and O–H groups in total. The van der Waals surface area contributed by atoms with Gasteiger partial charge in [0.25, 0.3) is 5.79 Å². The predicted molar refractivity (Wildman–Crippen MR) is 109 cm³/mol. The highest BCUT2D eigenvalue weighted by molar-refractivity contribution is 7.82. The van der Waals surface area contributed by atoms with Crippen LogP contribution in [0.1, 0.15) is 12.5 Å². The minimum Gasteiger partial charge on any atom is -0.448 e. The van der Waals surface area contributed by atoms with Gasteiger partial charge in [-0.15, -0.1) is 0 Å². The molecule has 0 aliphatic rings. The first-order chi connectivity index (χ1) is 14.9. The van der Waals surface area contributed by atoms with Gasteiger partial charge in [0.2, 0.25) is 0 Å². The van der Waals surface area contributed by atoms with Crippen LogP contribution in [-0.4, -0.2) is 16.8 Å². The van der Waals surface area contributed by atoms with E-state index in [0.29, 0.717) is 5.56 Å². The Bertz CT molecular complexity index is 1180. The van der Waals surface area contributed by atoms with Crippen LogP contribution in [0.2, 0.25) is 0 Å². The Labute approximate surface area is 183 Å². The van der Waals surface area contributed by atoms with Crippen LogP contribution >= 0.6 is 0 Å². The summed E-state index contributed by atoms with van der Waals surface area (Å²) in [5.41, 5.74) is 0.596. The lowest BCUT2D eigenvalue weighted by Crippen LogP contribution is -2.36. The zero-order chi connectivity index (χ0) is 23.4. The van der Waals surface area contributed by atoms with E-state index in [9.17, 15) is 24.6 Å². The number of benzene rings is 3. The largest absolute Gasteiger partial charge is 0.488 e. The van der Waals surface area contributed by atoms with Crippen molar-refractivity contribution in [1.29, 1.82) is 0 Å². The molecule has 3 rings (SSSR count). The van der Waals surface area contributed by atoms with E-state index in [1.807, 2.05) is 0 Å². The number of hydrogen-bond donors (Lipinski definition) is 0. The van der Waals surface area contributed by atoms with E-state index < -0.39 is 26.8 Å². The Morgan fingerprint density at radius 3 is 1.28 bits per heavy atom. The molecule has 170 valence electrons. The average Bonchev–Trinajstić information content (AvgIpc) is 2.70. The van der Waals surface area contributed by atoms with Gasteiger partial charge in [0.15, 0.2) is 0 Å². The number of halogens is 2. The standard InChI is InChI=1S/C20H16F2O8S2/c1-20(15-5-3-2-4-6-15,27-16-7-11-18(12-8-16)29-31(21,23)24)28-17-9-13-19(14-10-17)30-32(22,25)26/h2-14H,1H3. The molecule has 0 bridgehead atoms. The normalized spacial score (nSPS) is 12.1. The zero-order valence-electron chi connectivity index (χ0n) is 16.3. The van der Waals surface area contributed by atoms with E-state index >= 15 is 0 Å². The van der Waals surface area contributed by atoms with Crippen LogP contribution in [0.4, 0.5) is 7.77 Å². The fourth-order valence-corrected chi connectivity index (χ4v) is 3.37. The van der Waals surface area contributed by atoms with Gasteiger partial charge in [0.1, 0.15) is 23.0 Å². The van der Waals surface area contributed by atoms with Crippen LogP contribution in [0.15, 0.2) is 78.9 Å². The van der Waals surface area contributed by atoms with E-state index in [4.69, 9.17) is 9.47 Å². The minimum atomic E-state index is -5.16. The summed E-state index contributed by atoms with van der Waals surface area (Å²) >= 11 is 0. The molecule has 0 radical (unpaired) electrons. The molecule has 3 aromatic carbocycles.